The topological polar surface area (TPSA) is 67.4 Å². The van der Waals surface area contributed by atoms with E-state index in [1.165, 1.54) is 0 Å². The first-order valence-electron chi connectivity index (χ1n) is 9.68. The van der Waals surface area contributed by atoms with Crippen LogP contribution in [0.3, 0.4) is 0 Å². The third-order valence-electron chi connectivity index (χ3n) is 5.46. The van der Waals surface area contributed by atoms with E-state index in [0.29, 0.717) is 28.6 Å². The maximum absolute atomic E-state index is 13.0. The molecule has 7 heteroatoms. The molecule has 0 unspecified atom stereocenters. The second-order valence-corrected chi connectivity index (χ2v) is 8.35. The second-order valence-electron chi connectivity index (χ2n) is 7.51. The molecule has 0 bridgehead atoms. The number of amides is 2. The molecule has 0 atom stereocenters. The van der Waals surface area contributed by atoms with Gasteiger partial charge in [0.1, 0.15) is 11.3 Å². The summed E-state index contributed by atoms with van der Waals surface area (Å²) >= 11 is 11.9. The molecule has 0 aliphatic heterocycles. The van der Waals surface area contributed by atoms with E-state index in [1.807, 2.05) is 0 Å². The van der Waals surface area contributed by atoms with E-state index in [4.69, 9.17) is 27.9 Å². The summed E-state index contributed by atoms with van der Waals surface area (Å²) in [5.41, 5.74) is -0.828. The Morgan fingerprint density at radius 3 is 2.44 bits per heavy atom. The van der Waals surface area contributed by atoms with Crippen molar-refractivity contribution >= 4 is 35.0 Å². The van der Waals surface area contributed by atoms with Crippen molar-refractivity contribution in [3.63, 3.8) is 0 Å². The highest BCUT2D eigenvalue weighted by atomic mass is 35.5. The van der Waals surface area contributed by atoms with Gasteiger partial charge in [0.15, 0.2) is 6.61 Å². The van der Waals surface area contributed by atoms with Gasteiger partial charge in [-0.05, 0) is 43.9 Å². The first-order chi connectivity index (χ1) is 13.0. The summed E-state index contributed by atoms with van der Waals surface area (Å²) in [6, 6.07) is 5.07. The molecule has 2 amide bonds. The van der Waals surface area contributed by atoms with Gasteiger partial charge in [0, 0.05) is 11.1 Å². The molecule has 2 N–H and O–H groups in total. The molecule has 148 valence electrons. The van der Waals surface area contributed by atoms with Crippen molar-refractivity contribution in [2.45, 2.75) is 69.4 Å². The molecule has 0 heterocycles. The van der Waals surface area contributed by atoms with E-state index >= 15 is 0 Å². The van der Waals surface area contributed by atoms with Gasteiger partial charge in [0.05, 0.1) is 5.02 Å². The molecule has 5 nitrogen and oxygen atoms in total. The SMILES string of the molecule is O=C(COc1ccc(Cl)cc1Cl)NC1(C(=O)NC2CCCC2)CCCCC1. The number of hydrogen-bond donors (Lipinski definition) is 2. The van der Waals surface area contributed by atoms with Crippen molar-refractivity contribution in [2.24, 2.45) is 0 Å². The van der Waals surface area contributed by atoms with E-state index in [1.54, 1.807) is 18.2 Å². The fourth-order valence-electron chi connectivity index (χ4n) is 4.00. The molecule has 2 saturated carbocycles. The van der Waals surface area contributed by atoms with Gasteiger partial charge in [0.25, 0.3) is 5.91 Å². The molecule has 2 fully saturated rings. The van der Waals surface area contributed by atoms with Gasteiger partial charge >= 0.3 is 0 Å². The molecule has 1 aromatic rings. The van der Waals surface area contributed by atoms with E-state index in [0.717, 1.165) is 44.9 Å². The number of carbonyl (C=O) groups excluding carboxylic acids is 2. The van der Waals surface area contributed by atoms with Crippen LogP contribution in [0.5, 0.6) is 5.75 Å². The second kappa shape index (κ2) is 9.16. The monoisotopic (exact) mass is 412 g/mol. The number of rotatable bonds is 6. The summed E-state index contributed by atoms with van der Waals surface area (Å²) in [4.78, 5) is 25.5. The highest BCUT2D eigenvalue weighted by Gasteiger charge is 2.41. The van der Waals surface area contributed by atoms with Crippen LogP contribution in [0, 0.1) is 0 Å². The Balaban J connectivity index is 1.61. The molecule has 1 aromatic carbocycles. The molecule has 27 heavy (non-hydrogen) atoms. The van der Waals surface area contributed by atoms with Crippen molar-refractivity contribution in [1.82, 2.24) is 10.6 Å². The quantitative estimate of drug-likeness (QED) is 0.733. The highest BCUT2D eigenvalue weighted by molar-refractivity contribution is 6.35. The molecular weight excluding hydrogens is 387 g/mol. The van der Waals surface area contributed by atoms with Crippen LogP contribution in [0.4, 0.5) is 0 Å². The lowest BCUT2D eigenvalue weighted by molar-refractivity contribution is -0.136. The minimum atomic E-state index is -0.828. The lowest BCUT2D eigenvalue weighted by Crippen LogP contribution is -2.61. The van der Waals surface area contributed by atoms with Crippen LogP contribution in [0.2, 0.25) is 10.0 Å². The summed E-state index contributed by atoms with van der Waals surface area (Å²) in [5.74, 6) is 0.0285. The lowest BCUT2D eigenvalue weighted by atomic mass is 9.80. The largest absolute Gasteiger partial charge is 0.482 e. The molecule has 0 spiro atoms. The lowest BCUT2D eigenvalue weighted by Gasteiger charge is -2.37. The van der Waals surface area contributed by atoms with Gasteiger partial charge < -0.3 is 15.4 Å². The van der Waals surface area contributed by atoms with Crippen LogP contribution in [-0.4, -0.2) is 30.0 Å². The highest BCUT2D eigenvalue weighted by Crippen LogP contribution is 2.30. The fraction of sp³-hybridized carbons (Fsp3) is 0.600. The first kappa shape index (κ1) is 20.3. The summed E-state index contributed by atoms with van der Waals surface area (Å²) in [7, 11) is 0. The van der Waals surface area contributed by atoms with Crippen LogP contribution >= 0.6 is 23.2 Å². The summed E-state index contributed by atoms with van der Waals surface area (Å²) in [6.07, 6.45) is 8.63. The predicted octanol–water partition coefficient (Wildman–Crippen LogP) is 4.25. The number of ether oxygens (including phenoxy) is 1. The Morgan fingerprint density at radius 2 is 1.78 bits per heavy atom. The summed E-state index contributed by atoms with van der Waals surface area (Å²) in [5, 5.41) is 6.97. The number of nitrogens with one attached hydrogen (secondary N) is 2. The van der Waals surface area contributed by atoms with Crippen molar-refractivity contribution in [3.8, 4) is 5.75 Å². The van der Waals surface area contributed by atoms with E-state index in [9.17, 15) is 9.59 Å². The van der Waals surface area contributed by atoms with E-state index in [2.05, 4.69) is 10.6 Å². The van der Waals surface area contributed by atoms with Crippen molar-refractivity contribution in [2.75, 3.05) is 6.61 Å². The van der Waals surface area contributed by atoms with Crippen molar-refractivity contribution in [1.29, 1.82) is 0 Å². The van der Waals surface area contributed by atoms with Gasteiger partial charge in [-0.1, -0.05) is 55.3 Å². The summed E-state index contributed by atoms with van der Waals surface area (Å²) < 4.78 is 5.52. The van der Waals surface area contributed by atoms with Crippen LogP contribution in [0.15, 0.2) is 18.2 Å². The van der Waals surface area contributed by atoms with Crippen molar-refractivity contribution in [3.05, 3.63) is 28.2 Å². The van der Waals surface area contributed by atoms with Gasteiger partial charge in [0.2, 0.25) is 5.91 Å². The molecular formula is C20H26Cl2N2O3. The van der Waals surface area contributed by atoms with Crippen LogP contribution in [0.25, 0.3) is 0 Å². The van der Waals surface area contributed by atoms with Crippen molar-refractivity contribution < 1.29 is 14.3 Å². The predicted molar refractivity (Wildman–Crippen MR) is 106 cm³/mol. The van der Waals surface area contributed by atoms with E-state index in [-0.39, 0.29) is 24.5 Å². The number of hydrogen-bond acceptors (Lipinski definition) is 3. The third kappa shape index (κ3) is 5.29. The fourth-order valence-corrected chi connectivity index (χ4v) is 4.46. The Kier molecular flexibility index (Phi) is 6.88. The molecule has 0 saturated heterocycles. The zero-order valence-corrected chi connectivity index (χ0v) is 16.9. The Hall–Kier alpha value is -1.46. The first-order valence-corrected chi connectivity index (χ1v) is 10.4. The van der Waals surface area contributed by atoms with Gasteiger partial charge in [-0.25, -0.2) is 0 Å². The van der Waals surface area contributed by atoms with Gasteiger partial charge in [-0.2, -0.15) is 0 Å². The zero-order valence-electron chi connectivity index (χ0n) is 15.4. The smallest absolute Gasteiger partial charge is 0.258 e. The standard InChI is InChI=1S/C20H26Cl2N2O3/c21-14-8-9-17(16(22)12-14)27-13-18(25)24-20(10-4-1-5-11-20)19(26)23-15-6-2-3-7-15/h8-9,12,15H,1-7,10-11,13H2,(H,23,26)(H,24,25). The number of halogens is 2. The Labute approximate surface area is 170 Å². The molecule has 0 radical (unpaired) electrons. The van der Waals surface area contributed by atoms with Crippen LogP contribution in [0.1, 0.15) is 57.8 Å². The zero-order chi connectivity index (χ0) is 19.3. The Bertz CT molecular complexity index is 684. The average Bonchev–Trinajstić information content (AvgIpc) is 3.15. The van der Waals surface area contributed by atoms with Gasteiger partial charge in [-0.3, -0.25) is 9.59 Å². The minimum absolute atomic E-state index is 0.0491. The number of benzene rings is 1. The van der Waals surface area contributed by atoms with E-state index < -0.39 is 5.54 Å². The molecule has 0 aromatic heterocycles. The maximum atomic E-state index is 13.0. The molecule has 3 rings (SSSR count). The summed E-state index contributed by atoms with van der Waals surface area (Å²) in [6.45, 7) is -0.195. The normalized spacial score (nSPS) is 19.5. The average molecular weight is 413 g/mol. The van der Waals surface area contributed by atoms with Crippen LogP contribution < -0.4 is 15.4 Å². The minimum Gasteiger partial charge on any atom is -0.482 e. The number of carbonyl (C=O) groups is 2. The maximum Gasteiger partial charge on any atom is 0.258 e. The third-order valence-corrected chi connectivity index (χ3v) is 5.99. The Morgan fingerprint density at radius 1 is 1.07 bits per heavy atom. The van der Waals surface area contributed by atoms with Gasteiger partial charge in [-0.15, -0.1) is 0 Å². The molecule has 2 aliphatic rings. The van der Waals surface area contributed by atoms with Crippen LogP contribution in [-0.2, 0) is 9.59 Å². The molecule has 2 aliphatic carbocycles.